The van der Waals surface area contributed by atoms with Crippen LogP contribution in [0.4, 0.5) is 5.69 Å². The number of rotatable bonds is 6. The molecule has 2 aromatic carbocycles. The number of ether oxygens (including phenoxy) is 1. The Morgan fingerprint density at radius 2 is 1.66 bits per heavy atom. The van der Waals surface area contributed by atoms with E-state index in [1.165, 1.54) is 36.4 Å². The number of piperazine rings is 1. The molecule has 0 radical (unpaired) electrons. The molecule has 1 heterocycles. The number of anilines is 1. The molecule has 1 saturated heterocycles. The van der Waals surface area contributed by atoms with E-state index in [1.54, 1.807) is 6.92 Å². The predicted molar refractivity (Wildman–Crippen MR) is 111 cm³/mol. The van der Waals surface area contributed by atoms with Crippen LogP contribution in [0.15, 0.2) is 53.4 Å². The molecule has 0 bridgehead atoms. The molecule has 0 aliphatic carbocycles. The summed E-state index contributed by atoms with van der Waals surface area (Å²) in [7, 11) is -3.63. The van der Waals surface area contributed by atoms with Gasteiger partial charge in [-0.15, -0.1) is 0 Å². The average molecular weight is 419 g/mol. The lowest BCUT2D eigenvalue weighted by atomic mass is 10.1. The van der Waals surface area contributed by atoms with E-state index in [4.69, 9.17) is 4.74 Å². The number of sulfonamides is 1. The first-order chi connectivity index (χ1) is 13.6. The maximum absolute atomic E-state index is 13.1. The average Bonchev–Trinajstić information content (AvgIpc) is 2.70. The largest absolute Gasteiger partial charge is 0.478 e. The van der Waals surface area contributed by atoms with Crippen LogP contribution in [0.2, 0.25) is 0 Å². The van der Waals surface area contributed by atoms with E-state index in [1.807, 2.05) is 30.3 Å². The van der Waals surface area contributed by atoms with Gasteiger partial charge in [-0.2, -0.15) is 4.31 Å². The van der Waals surface area contributed by atoms with Crippen LogP contribution in [0.5, 0.6) is 5.75 Å². The third kappa shape index (κ3) is 4.54. The highest BCUT2D eigenvalue weighted by Crippen LogP contribution is 2.28. The number of para-hydroxylation sites is 1. The second kappa shape index (κ2) is 8.04. The number of carbonyl (C=O) groups is 1. The zero-order chi connectivity index (χ0) is 21.2. The number of nitrogens with zero attached hydrogens (tertiary/aromatic N) is 2. The van der Waals surface area contributed by atoms with E-state index < -0.39 is 21.6 Å². The zero-order valence-electron chi connectivity index (χ0n) is 16.8. The van der Waals surface area contributed by atoms with E-state index in [0.717, 1.165) is 5.69 Å². The molecule has 0 aromatic heterocycles. The summed E-state index contributed by atoms with van der Waals surface area (Å²) >= 11 is 0. The fourth-order valence-electron chi connectivity index (χ4n) is 3.19. The Labute approximate surface area is 171 Å². The quantitative estimate of drug-likeness (QED) is 0.776. The van der Waals surface area contributed by atoms with Gasteiger partial charge in [-0.05, 0) is 56.7 Å². The fraction of sp³-hybridized carbons (Fsp3) is 0.381. The van der Waals surface area contributed by atoms with Gasteiger partial charge in [-0.25, -0.2) is 13.2 Å². The summed E-state index contributed by atoms with van der Waals surface area (Å²) < 4.78 is 33.2. The van der Waals surface area contributed by atoms with E-state index in [0.29, 0.717) is 37.5 Å². The first-order valence-electron chi connectivity index (χ1n) is 9.44. The summed E-state index contributed by atoms with van der Waals surface area (Å²) in [6.45, 7) is 6.66. The van der Waals surface area contributed by atoms with Gasteiger partial charge in [0.15, 0.2) is 5.60 Å². The number of hydrogen-bond donors (Lipinski definition) is 1. The predicted octanol–water partition coefficient (Wildman–Crippen LogP) is 2.75. The lowest BCUT2D eigenvalue weighted by molar-refractivity contribution is -0.152. The van der Waals surface area contributed by atoms with Crippen molar-refractivity contribution in [1.29, 1.82) is 0 Å². The second-order valence-corrected chi connectivity index (χ2v) is 9.51. The molecule has 1 aliphatic rings. The van der Waals surface area contributed by atoms with Gasteiger partial charge in [0, 0.05) is 31.9 Å². The Morgan fingerprint density at radius 1 is 1.03 bits per heavy atom. The van der Waals surface area contributed by atoms with Crippen LogP contribution in [0.25, 0.3) is 0 Å². The van der Waals surface area contributed by atoms with Gasteiger partial charge >= 0.3 is 5.97 Å². The third-order valence-electron chi connectivity index (χ3n) is 5.02. The Hall–Kier alpha value is -2.58. The van der Waals surface area contributed by atoms with Crippen molar-refractivity contribution in [3.63, 3.8) is 0 Å². The Balaban J connectivity index is 1.73. The maximum atomic E-state index is 13.1. The van der Waals surface area contributed by atoms with Gasteiger partial charge in [-0.1, -0.05) is 18.2 Å². The van der Waals surface area contributed by atoms with Crippen LogP contribution in [0.1, 0.15) is 19.4 Å². The first-order valence-corrected chi connectivity index (χ1v) is 10.9. The molecule has 1 fully saturated rings. The second-order valence-electron chi connectivity index (χ2n) is 7.57. The van der Waals surface area contributed by atoms with Gasteiger partial charge < -0.3 is 14.7 Å². The van der Waals surface area contributed by atoms with Crippen molar-refractivity contribution in [2.24, 2.45) is 0 Å². The molecule has 0 unspecified atom stereocenters. The minimum Gasteiger partial charge on any atom is -0.478 e. The number of benzene rings is 2. The molecule has 2 aromatic rings. The molecule has 7 nitrogen and oxygen atoms in total. The van der Waals surface area contributed by atoms with Crippen molar-refractivity contribution < 1.29 is 23.1 Å². The summed E-state index contributed by atoms with van der Waals surface area (Å²) in [5.41, 5.74) is 0.255. The third-order valence-corrected chi connectivity index (χ3v) is 6.92. The maximum Gasteiger partial charge on any atom is 0.347 e. The van der Waals surface area contributed by atoms with E-state index in [9.17, 15) is 18.3 Å². The van der Waals surface area contributed by atoms with E-state index in [2.05, 4.69) is 4.90 Å². The van der Waals surface area contributed by atoms with Gasteiger partial charge in [0.25, 0.3) is 0 Å². The minimum atomic E-state index is -3.63. The molecule has 0 spiro atoms. The van der Waals surface area contributed by atoms with Crippen LogP contribution in [-0.2, 0) is 14.8 Å². The smallest absolute Gasteiger partial charge is 0.347 e. The molecule has 0 saturated carbocycles. The van der Waals surface area contributed by atoms with Crippen molar-refractivity contribution >= 4 is 21.7 Å². The molecular formula is C21H26N2O5S. The van der Waals surface area contributed by atoms with Gasteiger partial charge in [-0.3, -0.25) is 0 Å². The lowest BCUT2D eigenvalue weighted by Crippen LogP contribution is -2.48. The summed E-state index contributed by atoms with van der Waals surface area (Å²) in [5.74, 6) is -0.741. The van der Waals surface area contributed by atoms with E-state index >= 15 is 0 Å². The van der Waals surface area contributed by atoms with Crippen molar-refractivity contribution in [1.82, 2.24) is 4.31 Å². The summed E-state index contributed by atoms with van der Waals surface area (Å²) in [5, 5.41) is 9.22. The highest BCUT2D eigenvalue weighted by Gasteiger charge is 2.31. The fourth-order valence-corrected chi connectivity index (χ4v) is 4.70. The van der Waals surface area contributed by atoms with Gasteiger partial charge in [0.05, 0.1) is 4.90 Å². The molecule has 29 heavy (non-hydrogen) atoms. The lowest BCUT2D eigenvalue weighted by Gasteiger charge is -2.35. The molecule has 0 atom stereocenters. The molecule has 3 rings (SSSR count). The van der Waals surface area contributed by atoms with Crippen LogP contribution in [0.3, 0.4) is 0 Å². The summed E-state index contributed by atoms with van der Waals surface area (Å²) in [4.78, 5) is 13.6. The SMILES string of the molecule is Cc1cc(S(=O)(=O)N2CCN(c3ccccc3)CC2)ccc1OC(C)(C)C(=O)O. The number of aryl methyl sites for hydroxylation is 1. The number of carboxylic acid groups (broad SMARTS) is 1. The zero-order valence-corrected chi connectivity index (χ0v) is 17.6. The van der Waals surface area contributed by atoms with E-state index in [-0.39, 0.29) is 4.90 Å². The topological polar surface area (TPSA) is 87.2 Å². The highest BCUT2D eigenvalue weighted by molar-refractivity contribution is 7.89. The monoisotopic (exact) mass is 418 g/mol. The normalized spacial score (nSPS) is 15.9. The molecule has 156 valence electrons. The van der Waals surface area contributed by atoms with Crippen molar-refractivity contribution in [3.05, 3.63) is 54.1 Å². The molecule has 8 heteroatoms. The van der Waals surface area contributed by atoms with Gasteiger partial charge in [0.2, 0.25) is 10.0 Å². The summed E-state index contributed by atoms with van der Waals surface area (Å²) in [6.07, 6.45) is 0. The molecule has 1 N–H and O–H groups in total. The van der Waals surface area contributed by atoms with Crippen LogP contribution < -0.4 is 9.64 Å². The molecule has 0 amide bonds. The number of hydrogen-bond acceptors (Lipinski definition) is 5. The molecular weight excluding hydrogens is 392 g/mol. The minimum absolute atomic E-state index is 0.184. The standard InChI is InChI=1S/C21H26N2O5S/c1-16-15-18(9-10-19(16)28-21(2,3)20(24)25)29(26,27)23-13-11-22(12-14-23)17-7-5-4-6-8-17/h4-10,15H,11-14H2,1-3H3,(H,24,25). The van der Waals surface area contributed by atoms with Crippen LogP contribution in [-0.4, -0.2) is 55.6 Å². The first kappa shape index (κ1) is 21.1. The number of carboxylic acids is 1. The van der Waals surface area contributed by atoms with Gasteiger partial charge in [0.1, 0.15) is 5.75 Å². The Kier molecular flexibility index (Phi) is 5.86. The van der Waals surface area contributed by atoms with Crippen molar-refractivity contribution in [2.75, 3.05) is 31.1 Å². The number of aliphatic carboxylic acids is 1. The summed E-state index contributed by atoms with van der Waals surface area (Å²) in [6, 6.07) is 14.5. The Bertz CT molecular complexity index is 981. The van der Waals surface area contributed by atoms with Crippen LogP contribution >= 0.6 is 0 Å². The Morgan fingerprint density at radius 3 is 2.21 bits per heavy atom. The van der Waals surface area contributed by atoms with Crippen molar-refractivity contribution in [3.8, 4) is 5.75 Å². The van der Waals surface area contributed by atoms with Crippen molar-refractivity contribution in [2.45, 2.75) is 31.3 Å². The highest BCUT2D eigenvalue weighted by atomic mass is 32.2. The van der Waals surface area contributed by atoms with Crippen LogP contribution in [0, 0.1) is 6.92 Å². The molecule has 1 aliphatic heterocycles.